The molecule has 0 fully saturated rings. The molecule has 6 heteroatoms. The molecule has 24 heavy (non-hydrogen) atoms. The van der Waals surface area contributed by atoms with Gasteiger partial charge in [0.05, 0.1) is 12.1 Å². The van der Waals surface area contributed by atoms with Crippen molar-refractivity contribution in [2.24, 2.45) is 0 Å². The average Bonchev–Trinajstić information content (AvgIpc) is 2.95. The Morgan fingerprint density at radius 2 is 2.08 bits per heavy atom. The molecule has 0 aliphatic carbocycles. The van der Waals surface area contributed by atoms with Crippen molar-refractivity contribution in [3.63, 3.8) is 0 Å². The van der Waals surface area contributed by atoms with Crippen molar-refractivity contribution in [1.29, 1.82) is 0 Å². The predicted molar refractivity (Wildman–Crippen MR) is 90.7 cm³/mol. The van der Waals surface area contributed by atoms with Crippen molar-refractivity contribution < 1.29 is 19.2 Å². The summed E-state index contributed by atoms with van der Waals surface area (Å²) < 4.78 is 11.0. The summed E-state index contributed by atoms with van der Waals surface area (Å²) in [6.45, 7) is 1.91. The zero-order chi connectivity index (χ0) is 16.7. The molecule has 2 heterocycles. The molecule has 2 aromatic carbocycles. The van der Waals surface area contributed by atoms with Crippen molar-refractivity contribution in [1.82, 2.24) is 4.98 Å². The van der Waals surface area contributed by atoms with Crippen LogP contribution in [-0.2, 0) is 11.3 Å². The molecule has 5 nitrogen and oxygen atoms in total. The van der Waals surface area contributed by atoms with E-state index in [0.29, 0.717) is 23.8 Å². The normalized spacial score (nSPS) is 13.2. The summed E-state index contributed by atoms with van der Waals surface area (Å²) in [5.74, 6) is 1.14. The molecule has 1 aliphatic rings. The maximum atomic E-state index is 11.4. The highest BCUT2D eigenvalue weighted by Gasteiger charge is 2.27. The lowest BCUT2D eigenvalue weighted by Crippen LogP contribution is -2.27. The third kappa shape index (κ3) is 2.66. The third-order valence-corrected chi connectivity index (χ3v) is 4.07. The van der Waals surface area contributed by atoms with Gasteiger partial charge in [0.25, 0.3) is 0 Å². The van der Waals surface area contributed by atoms with Crippen molar-refractivity contribution >= 4 is 29.3 Å². The number of Topliss-reactive ketones (excluding diaryl/α,β-unsaturated/α-hetero) is 1. The smallest absolute Gasteiger partial charge is 0.439 e. The van der Waals surface area contributed by atoms with E-state index in [1.54, 1.807) is 31.2 Å². The van der Waals surface area contributed by atoms with Crippen molar-refractivity contribution in [3.05, 3.63) is 59.7 Å². The molecule has 0 bridgehead atoms. The van der Waals surface area contributed by atoms with Gasteiger partial charge < -0.3 is 14.4 Å². The SMILES string of the molecule is CC(=O)c1ccc2nc(Oc3ccc4c(c3)COB4O)ccc2c1. The van der Waals surface area contributed by atoms with E-state index in [1.165, 1.54) is 0 Å². The number of ether oxygens (including phenoxy) is 1. The Balaban J connectivity index is 1.63. The van der Waals surface area contributed by atoms with Gasteiger partial charge in [-0.2, -0.15) is 0 Å². The number of aromatic nitrogens is 1. The number of benzene rings is 2. The van der Waals surface area contributed by atoms with E-state index in [-0.39, 0.29) is 5.78 Å². The molecule has 118 valence electrons. The zero-order valence-electron chi connectivity index (χ0n) is 13.0. The van der Waals surface area contributed by atoms with E-state index in [2.05, 4.69) is 4.98 Å². The average molecular weight is 319 g/mol. The Hall–Kier alpha value is -2.70. The second-order valence-corrected chi connectivity index (χ2v) is 5.74. The summed E-state index contributed by atoms with van der Waals surface area (Å²) in [6.07, 6.45) is 0. The van der Waals surface area contributed by atoms with Crippen LogP contribution >= 0.6 is 0 Å². The van der Waals surface area contributed by atoms with Crippen LogP contribution in [0.5, 0.6) is 11.6 Å². The van der Waals surface area contributed by atoms with Crippen LogP contribution in [0, 0.1) is 0 Å². The molecule has 0 saturated heterocycles. The number of hydrogen-bond donors (Lipinski definition) is 1. The van der Waals surface area contributed by atoms with Crippen LogP contribution in [0.15, 0.2) is 48.5 Å². The minimum absolute atomic E-state index is 0.0276. The molecule has 0 unspecified atom stereocenters. The number of ketones is 1. The highest BCUT2D eigenvalue weighted by Crippen LogP contribution is 2.25. The lowest BCUT2D eigenvalue weighted by Gasteiger charge is -2.08. The number of rotatable bonds is 3. The van der Waals surface area contributed by atoms with Gasteiger partial charge >= 0.3 is 7.12 Å². The van der Waals surface area contributed by atoms with Gasteiger partial charge in [0.1, 0.15) is 5.75 Å². The van der Waals surface area contributed by atoms with Crippen LogP contribution in [-0.4, -0.2) is 22.9 Å². The summed E-state index contributed by atoms with van der Waals surface area (Å²) in [4.78, 5) is 15.9. The summed E-state index contributed by atoms with van der Waals surface area (Å²) >= 11 is 0. The summed E-state index contributed by atoms with van der Waals surface area (Å²) in [5, 5.41) is 10.5. The largest absolute Gasteiger partial charge is 0.491 e. The second kappa shape index (κ2) is 5.74. The van der Waals surface area contributed by atoms with Crippen molar-refractivity contribution in [2.45, 2.75) is 13.5 Å². The van der Waals surface area contributed by atoms with Gasteiger partial charge in [0.15, 0.2) is 5.78 Å². The predicted octanol–water partition coefficient (Wildman–Crippen LogP) is 2.45. The summed E-state index contributed by atoms with van der Waals surface area (Å²) in [5.41, 5.74) is 3.10. The molecular weight excluding hydrogens is 305 g/mol. The van der Waals surface area contributed by atoms with E-state index in [0.717, 1.165) is 21.9 Å². The first-order chi connectivity index (χ1) is 11.6. The van der Waals surface area contributed by atoms with Crippen molar-refractivity contribution in [3.8, 4) is 11.6 Å². The lowest BCUT2D eigenvalue weighted by molar-refractivity contribution is 0.101. The van der Waals surface area contributed by atoms with Gasteiger partial charge in [-0.15, -0.1) is 0 Å². The van der Waals surface area contributed by atoms with Crippen LogP contribution in [0.25, 0.3) is 10.9 Å². The number of fused-ring (bicyclic) bond motifs is 2. The van der Waals surface area contributed by atoms with E-state index >= 15 is 0 Å². The molecule has 1 N–H and O–H groups in total. The Morgan fingerprint density at radius 3 is 2.92 bits per heavy atom. The van der Waals surface area contributed by atoms with Crippen LogP contribution in [0.4, 0.5) is 0 Å². The van der Waals surface area contributed by atoms with Crippen LogP contribution in [0.2, 0.25) is 0 Å². The Labute approximate surface area is 139 Å². The van der Waals surface area contributed by atoms with Gasteiger partial charge in [0.2, 0.25) is 5.88 Å². The summed E-state index contributed by atoms with van der Waals surface area (Å²) in [6, 6.07) is 14.5. The Kier molecular flexibility index (Phi) is 3.56. The number of carbonyl (C=O) groups is 1. The van der Waals surface area contributed by atoms with E-state index < -0.39 is 7.12 Å². The third-order valence-electron chi connectivity index (χ3n) is 4.07. The first-order valence-electron chi connectivity index (χ1n) is 7.62. The molecule has 1 aliphatic heterocycles. The number of pyridine rings is 1. The number of carbonyl (C=O) groups excluding carboxylic acids is 1. The van der Waals surface area contributed by atoms with E-state index in [4.69, 9.17) is 9.39 Å². The van der Waals surface area contributed by atoms with E-state index in [1.807, 2.05) is 24.3 Å². The topological polar surface area (TPSA) is 68.7 Å². The Morgan fingerprint density at radius 1 is 1.21 bits per heavy atom. The zero-order valence-corrected chi connectivity index (χ0v) is 13.0. The van der Waals surface area contributed by atoms with Crippen molar-refractivity contribution in [2.75, 3.05) is 0 Å². The molecule has 4 rings (SSSR count). The minimum atomic E-state index is -0.858. The fourth-order valence-corrected chi connectivity index (χ4v) is 2.77. The standard InChI is InChI=1S/C18H14BNO4/c1-11(21)12-2-6-17-13(8-12)3-7-18(20-17)24-15-4-5-16-14(9-15)10-23-19(16)22/h2-9,22H,10H2,1H3. The molecule has 0 atom stereocenters. The molecule has 0 amide bonds. The lowest BCUT2D eigenvalue weighted by atomic mass is 9.80. The maximum Gasteiger partial charge on any atom is 0.491 e. The molecular formula is C18H14BNO4. The van der Waals surface area contributed by atoms with Gasteiger partial charge in [-0.25, -0.2) is 4.98 Å². The van der Waals surface area contributed by atoms with Gasteiger partial charge in [-0.1, -0.05) is 6.07 Å². The van der Waals surface area contributed by atoms with Gasteiger partial charge in [-0.3, -0.25) is 4.79 Å². The van der Waals surface area contributed by atoms with Crippen LogP contribution < -0.4 is 10.2 Å². The molecule has 1 aromatic heterocycles. The monoisotopic (exact) mass is 319 g/mol. The van der Waals surface area contributed by atoms with Gasteiger partial charge in [0, 0.05) is 17.0 Å². The fourth-order valence-electron chi connectivity index (χ4n) is 2.77. The quantitative estimate of drug-likeness (QED) is 0.593. The highest BCUT2D eigenvalue weighted by atomic mass is 16.5. The fraction of sp³-hybridized carbons (Fsp3) is 0.111. The molecule has 0 saturated carbocycles. The summed E-state index contributed by atoms with van der Waals surface area (Å²) in [7, 11) is -0.858. The molecule has 3 aromatic rings. The van der Waals surface area contributed by atoms with Crippen LogP contribution in [0.3, 0.4) is 0 Å². The molecule has 0 spiro atoms. The maximum absolute atomic E-state index is 11.4. The van der Waals surface area contributed by atoms with Crippen LogP contribution in [0.1, 0.15) is 22.8 Å². The van der Waals surface area contributed by atoms with Gasteiger partial charge in [-0.05, 0) is 54.3 Å². The molecule has 0 radical (unpaired) electrons. The number of hydrogen-bond acceptors (Lipinski definition) is 5. The second-order valence-electron chi connectivity index (χ2n) is 5.74. The first-order valence-corrected chi connectivity index (χ1v) is 7.62. The number of nitrogens with zero attached hydrogens (tertiary/aromatic N) is 1. The highest BCUT2D eigenvalue weighted by molar-refractivity contribution is 6.61. The Bertz CT molecular complexity index is 957. The minimum Gasteiger partial charge on any atom is -0.439 e. The first kappa shape index (κ1) is 14.9. The van der Waals surface area contributed by atoms with E-state index in [9.17, 15) is 9.82 Å².